The number of fused-ring (bicyclic) bond motifs is 1. The van der Waals surface area contributed by atoms with E-state index in [1.807, 2.05) is 0 Å². The van der Waals surface area contributed by atoms with Gasteiger partial charge in [0, 0.05) is 27.2 Å². The molecule has 0 spiro atoms. The Morgan fingerprint density at radius 3 is 2.38 bits per heavy atom. The van der Waals surface area contributed by atoms with Gasteiger partial charge in [0.25, 0.3) is 5.56 Å². The summed E-state index contributed by atoms with van der Waals surface area (Å²) in [7, 11) is 3.43. The summed E-state index contributed by atoms with van der Waals surface area (Å²) in [6, 6.07) is 0.0229. The number of rotatable bonds is 13. The lowest BCUT2D eigenvalue weighted by molar-refractivity contribution is -0.122. The molecule has 9 heteroatoms. The van der Waals surface area contributed by atoms with Gasteiger partial charge < -0.3 is 15.2 Å². The highest BCUT2D eigenvalue weighted by Crippen LogP contribution is 2.10. The van der Waals surface area contributed by atoms with Gasteiger partial charge in [-0.1, -0.05) is 44.9 Å². The van der Waals surface area contributed by atoms with E-state index in [4.69, 9.17) is 0 Å². The van der Waals surface area contributed by atoms with Crippen molar-refractivity contribution in [2.45, 2.75) is 83.2 Å². The van der Waals surface area contributed by atoms with Gasteiger partial charge in [0.1, 0.15) is 0 Å². The highest BCUT2D eigenvalue weighted by atomic mass is 16.2. The number of hydrogen-bond acceptors (Lipinski definition) is 5. The molecule has 3 rings (SSSR count). The van der Waals surface area contributed by atoms with Crippen molar-refractivity contribution < 1.29 is 4.79 Å². The Hall–Kier alpha value is -2.42. The van der Waals surface area contributed by atoms with Gasteiger partial charge in [-0.25, -0.2) is 9.78 Å². The van der Waals surface area contributed by atoms with E-state index < -0.39 is 0 Å². The molecule has 1 atom stereocenters. The molecule has 2 N–H and O–H groups in total. The largest absolute Gasteiger partial charge is 0.355 e. The van der Waals surface area contributed by atoms with Crippen LogP contribution < -0.4 is 21.9 Å². The normalized spacial score (nSPS) is 16.1. The molecule has 2 aromatic rings. The van der Waals surface area contributed by atoms with Crippen LogP contribution in [-0.4, -0.2) is 43.7 Å². The first-order chi connectivity index (χ1) is 15.5. The van der Waals surface area contributed by atoms with Crippen LogP contribution in [0.15, 0.2) is 15.9 Å². The molecule has 1 amide bonds. The lowest BCUT2D eigenvalue weighted by atomic mass is 10.1. The highest BCUT2D eigenvalue weighted by molar-refractivity contribution is 5.81. The van der Waals surface area contributed by atoms with Gasteiger partial charge in [0.2, 0.25) is 5.91 Å². The fraction of sp³-hybridized carbons (Fsp3) is 0.739. The Morgan fingerprint density at radius 2 is 1.72 bits per heavy atom. The molecule has 9 nitrogen and oxygen atoms in total. The monoisotopic (exact) mass is 446 g/mol. The van der Waals surface area contributed by atoms with Crippen LogP contribution in [0.1, 0.15) is 70.6 Å². The molecule has 3 heterocycles. The van der Waals surface area contributed by atoms with Crippen molar-refractivity contribution in [2.24, 2.45) is 14.1 Å². The number of carbonyl (C=O) groups is 1. The summed E-state index contributed by atoms with van der Waals surface area (Å²) in [5, 5.41) is 6.25. The molecule has 0 radical (unpaired) electrons. The molecule has 178 valence electrons. The summed E-state index contributed by atoms with van der Waals surface area (Å²) in [4.78, 5) is 41.2. The molecule has 1 unspecified atom stereocenters. The number of nitrogens with one attached hydrogen (secondary N) is 2. The van der Waals surface area contributed by atoms with Gasteiger partial charge >= 0.3 is 5.69 Å². The Labute approximate surface area is 189 Å². The van der Waals surface area contributed by atoms with Crippen molar-refractivity contribution >= 4 is 17.1 Å². The second-order valence-electron chi connectivity index (χ2n) is 8.95. The Bertz CT molecular complexity index is 1000. The number of nitrogens with zero attached hydrogens (tertiary/aromatic N) is 4. The van der Waals surface area contributed by atoms with Crippen LogP contribution in [0.25, 0.3) is 11.2 Å². The third-order valence-corrected chi connectivity index (χ3v) is 6.44. The van der Waals surface area contributed by atoms with Crippen LogP contribution in [0.2, 0.25) is 0 Å². The van der Waals surface area contributed by atoms with Crippen LogP contribution in [0.3, 0.4) is 0 Å². The average molecular weight is 447 g/mol. The maximum atomic E-state index is 12.7. The number of carbonyl (C=O) groups excluding carboxylic acids is 1. The number of aryl methyl sites for hydroxylation is 2. The Kier molecular flexibility index (Phi) is 9.08. The zero-order chi connectivity index (χ0) is 22.9. The number of aromatic nitrogens is 4. The molecule has 1 aliphatic heterocycles. The molecule has 2 aromatic heterocycles. The second kappa shape index (κ2) is 12.0. The van der Waals surface area contributed by atoms with E-state index in [0.717, 1.165) is 58.0 Å². The second-order valence-corrected chi connectivity index (χ2v) is 8.95. The highest BCUT2D eigenvalue weighted by Gasteiger charge is 2.21. The zero-order valence-corrected chi connectivity index (χ0v) is 19.6. The maximum absolute atomic E-state index is 12.7. The molecular formula is C23H38N6O3. The molecule has 1 fully saturated rings. The lowest BCUT2D eigenvalue weighted by Crippen LogP contribution is -2.40. The first kappa shape index (κ1) is 24.2. The van der Waals surface area contributed by atoms with Gasteiger partial charge in [-0.15, -0.1) is 0 Å². The summed E-state index contributed by atoms with van der Waals surface area (Å²) in [5.74, 6) is 0.155. The van der Waals surface area contributed by atoms with E-state index in [1.54, 1.807) is 25.0 Å². The SMILES string of the molecule is Cn1cnc2c1c(=O)n(CCCCCCCCCCCNC(=O)C1CCCN1)c(=O)n2C. The van der Waals surface area contributed by atoms with E-state index in [2.05, 4.69) is 15.6 Å². The van der Waals surface area contributed by atoms with E-state index >= 15 is 0 Å². The first-order valence-electron chi connectivity index (χ1n) is 12.1. The Morgan fingerprint density at radius 1 is 1.06 bits per heavy atom. The molecule has 0 aliphatic carbocycles. The van der Waals surface area contributed by atoms with Crippen molar-refractivity contribution in [1.82, 2.24) is 29.3 Å². The summed E-state index contributed by atoms with van der Waals surface area (Å²) in [5.41, 5.74) is 0.365. The summed E-state index contributed by atoms with van der Waals surface area (Å²) in [6.45, 7) is 2.19. The molecule has 0 saturated carbocycles. The first-order valence-corrected chi connectivity index (χ1v) is 12.1. The zero-order valence-electron chi connectivity index (χ0n) is 19.6. The van der Waals surface area contributed by atoms with Gasteiger partial charge in [0.05, 0.1) is 12.4 Å². The Balaban J connectivity index is 1.23. The smallest absolute Gasteiger partial charge is 0.332 e. The molecule has 0 bridgehead atoms. The van der Waals surface area contributed by atoms with Crippen LogP contribution >= 0.6 is 0 Å². The minimum atomic E-state index is -0.295. The van der Waals surface area contributed by atoms with Crippen LogP contribution in [0.5, 0.6) is 0 Å². The van der Waals surface area contributed by atoms with Crippen molar-refractivity contribution in [3.05, 3.63) is 27.2 Å². The van der Waals surface area contributed by atoms with Crippen molar-refractivity contribution in [1.29, 1.82) is 0 Å². The number of amides is 1. The minimum Gasteiger partial charge on any atom is -0.355 e. The van der Waals surface area contributed by atoms with Crippen LogP contribution in [0.4, 0.5) is 0 Å². The molecule has 1 aliphatic rings. The average Bonchev–Trinajstić information content (AvgIpc) is 3.45. The predicted molar refractivity (Wildman–Crippen MR) is 126 cm³/mol. The van der Waals surface area contributed by atoms with E-state index in [1.165, 1.54) is 34.8 Å². The third-order valence-electron chi connectivity index (χ3n) is 6.44. The summed E-state index contributed by atoms with van der Waals surface area (Å²) >= 11 is 0. The van der Waals surface area contributed by atoms with E-state index in [-0.39, 0.29) is 23.2 Å². The lowest BCUT2D eigenvalue weighted by Gasteiger charge is -2.10. The van der Waals surface area contributed by atoms with Gasteiger partial charge in [-0.2, -0.15) is 0 Å². The minimum absolute atomic E-state index is 0.0229. The van der Waals surface area contributed by atoms with Crippen LogP contribution in [0, 0.1) is 0 Å². The summed E-state index contributed by atoms with van der Waals surface area (Å²) in [6.07, 6.45) is 13.6. The summed E-state index contributed by atoms with van der Waals surface area (Å²) < 4.78 is 4.47. The standard InChI is InChI=1S/C23H38N6O3/c1-27-17-26-20-19(27)22(31)29(23(32)28(20)2)16-11-9-7-5-3-4-6-8-10-14-25-21(30)18-13-12-15-24-18/h17-18,24H,3-16H2,1-2H3,(H,25,30). The number of unbranched alkanes of at least 4 members (excludes halogenated alkanes) is 8. The van der Waals surface area contributed by atoms with Gasteiger partial charge in [0.15, 0.2) is 11.2 Å². The predicted octanol–water partition coefficient (Wildman–Crippen LogP) is 1.81. The quantitative estimate of drug-likeness (QED) is 0.457. The van der Waals surface area contributed by atoms with Crippen LogP contribution in [-0.2, 0) is 25.4 Å². The number of imidazole rings is 1. The van der Waals surface area contributed by atoms with Crippen molar-refractivity contribution in [3.8, 4) is 0 Å². The molecule has 1 saturated heterocycles. The third kappa shape index (κ3) is 6.09. The van der Waals surface area contributed by atoms with Gasteiger partial charge in [-0.3, -0.25) is 18.7 Å². The van der Waals surface area contributed by atoms with E-state index in [0.29, 0.717) is 17.7 Å². The maximum Gasteiger partial charge on any atom is 0.332 e. The molecular weight excluding hydrogens is 408 g/mol. The fourth-order valence-corrected chi connectivity index (χ4v) is 4.47. The van der Waals surface area contributed by atoms with Crippen molar-refractivity contribution in [2.75, 3.05) is 13.1 Å². The molecule has 0 aromatic carbocycles. The van der Waals surface area contributed by atoms with Gasteiger partial charge in [-0.05, 0) is 32.2 Å². The van der Waals surface area contributed by atoms with E-state index in [9.17, 15) is 14.4 Å². The molecule has 32 heavy (non-hydrogen) atoms. The number of hydrogen-bond donors (Lipinski definition) is 2. The fourth-order valence-electron chi connectivity index (χ4n) is 4.47. The van der Waals surface area contributed by atoms with Crippen molar-refractivity contribution in [3.63, 3.8) is 0 Å². The topological polar surface area (TPSA) is 103 Å².